The van der Waals surface area contributed by atoms with Crippen LogP contribution < -0.4 is 9.47 Å². The highest BCUT2D eigenvalue weighted by Crippen LogP contribution is 2.33. The number of benzene rings is 3. The summed E-state index contributed by atoms with van der Waals surface area (Å²) in [5.74, 6) is -0.0762. The van der Waals surface area contributed by atoms with Gasteiger partial charge in [0.1, 0.15) is 18.1 Å². The second-order valence-electron chi connectivity index (χ2n) is 7.23. The summed E-state index contributed by atoms with van der Waals surface area (Å²) >= 11 is 0. The highest BCUT2D eigenvalue weighted by atomic mass is 16.7. The Bertz CT molecular complexity index is 1200. The van der Waals surface area contributed by atoms with Crippen LogP contribution in [0.4, 0.5) is 5.69 Å². The van der Waals surface area contributed by atoms with Crippen LogP contribution in [0.3, 0.4) is 0 Å². The fourth-order valence-corrected chi connectivity index (χ4v) is 3.40. The van der Waals surface area contributed by atoms with Gasteiger partial charge < -0.3 is 18.9 Å². The van der Waals surface area contributed by atoms with Gasteiger partial charge in [-0.05, 0) is 35.4 Å². The number of esters is 2. The first-order valence-corrected chi connectivity index (χ1v) is 9.97. The van der Waals surface area contributed by atoms with Crippen molar-refractivity contribution in [2.24, 2.45) is 0 Å². The average molecular weight is 449 g/mol. The lowest BCUT2D eigenvalue weighted by molar-refractivity contribution is -0.385. The predicted molar refractivity (Wildman–Crippen MR) is 116 cm³/mol. The van der Waals surface area contributed by atoms with Crippen molar-refractivity contribution in [3.63, 3.8) is 0 Å². The Labute approximate surface area is 188 Å². The third-order valence-electron chi connectivity index (χ3n) is 4.91. The largest absolute Gasteiger partial charge is 0.467 e. The number of hydrogen-bond donors (Lipinski definition) is 0. The lowest BCUT2D eigenvalue weighted by Gasteiger charge is -2.20. The number of nitro groups is 1. The van der Waals surface area contributed by atoms with Crippen LogP contribution in [0, 0.1) is 10.1 Å². The quantitative estimate of drug-likeness (QED) is 0.235. The monoisotopic (exact) mass is 449 g/mol. The van der Waals surface area contributed by atoms with Crippen LogP contribution >= 0.6 is 0 Å². The molecule has 168 valence electrons. The Morgan fingerprint density at radius 3 is 2.33 bits per heavy atom. The maximum atomic E-state index is 12.5. The molecule has 3 aromatic carbocycles. The van der Waals surface area contributed by atoms with E-state index in [-0.39, 0.29) is 25.7 Å². The fraction of sp³-hybridized carbons (Fsp3) is 0.167. The summed E-state index contributed by atoms with van der Waals surface area (Å²) in [6.45, 7) is 1.36. The normalized spacial score (nSPS) is 12.3. The first-order chi connectivity index (χ1) is 15.9. The molecule has 4 rings (SSSR count). The van der Waals surface area contributed by atoms with Gasteiger partial charge in [-0.3, -0.25) is 14.9 Å². The maximum absolute atomic E-state index is 12.5. The zero-order chi connectivity index (χ0) is 23.4. The first-order valence-electron chi connectivity index (χ1n) is 9.97. The number of non-ortho nitro benzene ring substituents is 1. The van der Waals surface area contributed by atoms with E-state index in [2.05, 4.69) is 0 Å². The van der Waals surface area contributed by atoms with Crippen LogP contribution in [0.25, 0.3) is 11.1 Å². The van der Waals surface area contributed by atoms with Crippen LogP contribution in [-0.4, -0.2) is 23.7 Å². The van der Waals surface area contributed by atoms with Crippen LogP contribution in [0.2, 0.25) is 0 Å². The second kappa shape index (κ2) is 9.49. The molecule has 0 amide bonds. The molecule has 1 aliphatic rings. The SMILES string of the molecule is CC(=O)Oc1ccc(-c2ccc(C(=O)OCc3cc([N+](=O)[O-])cc4c3OCOC4)cc2)cc1. The summed E-state index contributed by atoms with van der Waals surface area (Å²) < 4.78 is 21.0. The Balaban J connectivity index is 1.45. The van der Waals surface area contributed by atoms with E-state index in [0.29, 0.717) is 28.2 Å². The maximum Gasteiger partial charge on any atom is 0.338 e. The Hall–Kier alpha value is -4.24. The van der Waals surface area contributed by atoms with Gasteiger partial charge in [0.15, 0.2) is 6.79 Å². The van der Waals surface area contributed by atoms with E-state index < -0.39 is 16.9 Å². The minimum absolute atomic E-state index is 0.0229. The number of rotatable bonds is 6. The van der Waals surface area contributed by atoms with Crippen molar-refractivity contribution < 1.29 is 33.5 Å². The van der Waals surface area contributed by atoms with Gasteiger partial charge in [0, 0.05) is 30.2 Å². The van der Waals surface area contributed by atoms with E-state index in [9.17, 15) is 19.7 Å². The van der Waals surface area contributed by atoms with Crippen LogP contribution in [0.1, 0.15) is 28.4 Å². The number of ether oxygens (including phenoxy) is 4. The zero-order valence-electron chi connectivity index (χ0n) is 17.6. The summed E-state index contributed by atoms with van der Waals surface area (Å²) in [4.78, 5) is 34.2. The number of hydrogen-bond acceptors (Lipinski definition) is 8. The molecule has 0 saturated carbocycles. The summed E-state index contributed by atoms with van der Waals surface area (Å²) in [6.07, 6.45) is 0. The molecule has 0 bridgehead atoms. The van der Waals surface area contributed by atoms with Crippen LogP contribution in [0.5, 0.6) is 11.5 Å². The zero-order valence-corrected chi connectivity index (χ0v) is 17.6. The molecule has 0 aromatic heterocycles. The van der Waals surface area contributed by atoms with Crippen molar-refractivity contribution in [3.8, 4) is 22.6 Å². The number of carbonyl (C=O) groups is 2. The summed E-state index contributed by atoms with van der Waals surface area (Å²) in [7, 11) is 0. The van der Waals surface area contributed by atoms with Gasteiger partial charge in [-0.25, -0.2) is 4.79 Å². The topological polar surface area (TPSA) is 114 Å². The molecule has 1 heterocycles. The molecule has 0 spiro atoms. The molecule has 0 saturated heterocycles. The van der Waals surface area contributed by atoms with Crippen molar-refractivity contribution in [2.45, 2.75) is 20.1 Å². The third kappa shape index (κ3) is 5.16. The summed E-state index contributed by atoms with van der Waals surface area (Å²) in [5, 5.41) is 11.2. The molecule has 1 aliphatic heterocycles. The van der Waals surface area contributed by atoms with Gasteiger partial charge in [-0.2, -0.15) is 0 Å². The Morgan fingerprint density at radius 1 is 1.03 bits per heavy atom. The van der Waals surface area contributed by atoms with Gasteiger partial charge >= 0.3 is 11.9 Å². The summed E-state index contributed by atoms with van der Waals surface area (Å²) in [6, 6.07) is 16.5. The molecule has 33 heavy (non-hydrogen) atoms. The number of nitrogens with zero attached hydrogens (tertiary/aromatic N) is 1. The van der Waals surface area contributed by atoms with E-state index in [1.807, 2.05) is 0 Å². The predicted octanol–water partition coefficient (Wildman–Crippen LogP) is 4.41. The second-order valence-corrected chi connectivity index (χ2v) is 7.23. The van der Waals surface area contributed by atoms with E-state index in [1.165, 1.54) is 19.1 Å². The van der Waals surface area contributed by atoms with E-state index >= 15 is 0 Å². The van der Waals surface area contributed by atoms with Gasteiger partial charge in [-0.1, -0.05) is 24.3 Å². The number of nitro benzene ring substituents is 1. The lowest BCUT2D eigenvalue weighted by atomic mass is 10.0. The molecule has 0 N–H and O–H groups in total. The van der Waals surface area contributed by atoms with Crippen molar-refractivity contribution in [1.82, 2.24) is 0 Å². The number of carbonyl (C=O) groups excluding carboxylic acids is 2. The molecule has 9 nitrogen and oxygen atoms in total. The molecular weight excluding hydrogens is 430 g/mol. The lowest BCUT2D eigenvalue weighted by Crippen LogP contribution is -2.15. The van der Waals surface area contributed by atoms with E-state index in [0.717, 1.165) is 11.1 Å². The van der Waals surface area contributed by atoms with Gasteiger partial charge in [0.25, 0.3) is 5.69 Å². The Kier molecular flexibility index (Phi) is 6.32. The first kappa shape index (κ1) is 22.0. The van der Waals surface area contributed by atoms with Gasteiger partial charge in [-0.15, -0.1) is 0 Å². The van der Waals surface area contributed by atoms with E-state index in [1.54, 1.807) is 48.5 Å². The average Bonchev–Trinajstić information content (AvgIpc) is 2.82. The molecule has 9 heteroatoms. The molecular formula is C24H19NO8. The van der Waals surface area contributed by atoms with Crippen molar-refractivity contribution >= 4 is 17.6 Å². The highest BCUT2D eigenvalue weighted by Gasteiger charge is 2.22. The smallest absolute Gasteiger partial charge is 0.338 e. The van der Waals surface area contributed by atoms with Crippen molar-refractivity contribution in [3.05, 3.63) is 87.5 Å². The van der Waals surface area contributed by atoms with E-state index in [4.69, 9.17) is 18.9 Å². The van der Waals surface area contributed by atoms with Crippen molar-refractivity contribution in [1.29, 1.82) is 0 Å². The minimum atomic E-state index is -0.570. The van der Waals surface area contributed by atoms with Gasteiger partial charge in [0.05, 0.1) is 17.1 Å². The van der Waals surface area contributed by atoms with Crippen LogP contribution in [-0.2, 0) is 27.5 Å². The molecule has 0 aliphatic carbocycles. The third-order valence-corrected chi connectivity index (χ3v) is 4.91. The highest BCUT2D eigenvalue weighted by molar-refractivity contribution is 5.90. The Morgan fingerprint density at radius 2 is 1.70 bits per heavy atom. The standard InChI is InChI=1S/C24H19NO8/c1-15(26)33-22-8-6-17(7-9-22)16-2-4-18(5-3-16)24(27)31-13-20-11-21(25(28)29)10-19-12-30-14-32-23(19)20/h2-11H,12-14H2,1H3. The molecule has 3 aromatic rings. The minimum Gasteiger partial charge on any atom is -0.467 e. The molecule has 0 radical (unpaired) electrons. The molecule has 0 atom stereocenters. The molecule has 0 unspecified atom stereocenters. The fourth-order valence-electron chi connectivity index (χ4n) is 3.40. The van der Waals surface area contributed by atoms with Crippen LogP contribution in [0.15, 0.2) is 60.7 Å². The van der Waals surface area contributed by atoms with Crippen molar-refractivity contribution in [2.75, 3.05) is 6.79 Å². The summed E-state index contributed by atoms with van der Waals surface area (Å²) in [5.41, 5.74) is 2.89. The van der Waals surface area contributed by atoms with Gasteiger partial charge in [0.2, 0.25) is 0 Å². The molecule has 0 fully saturated rings. The number of fused-ring (bicyclic) bond motifs is 1.